The van der Waals surface area contributed by atoms with E-state index in [0.717, 1.165) is 12.1 Å². The summed E-state index contributed by atoms with van der Waals surface area (Å²) in [7, 11) is 0. The number of aliphatic carboxylic acids is 1. The summed E-state index contributed by atoms with van der Waals surface area (Å²) in [5.41, 5.74) is 0.473. The molecule has 0 spiro atoms. The van der Waals surface area contributed by atoms with Gasteiger partial charge in [0.05, 0.1) is 6.07 Å². The number of aliphatic hydroxyl groups is 1. The fourth-order valence-corrected chi connectivity index (χ4v) is 1.38. The summed E-state index contributed by atoms with van der Waals surface area (Å²) in [5.74, 6) is -1.92. The van der Waals surface area contributed by atoms with Gasteiger partial charge in [-0.3, -0.25) is 0 Å². The maximum absolute atomic E-state index is 12.9. The van der Waals surface area contributed by atoms with Gasteiger partial charge in [0.2, 0.25) is 0 Å². The number of rotatable bonds is 4. The van der Waals surface area contributed by atoms with E-state index in [1.807, 2.05) is 6.07 Å². The van der Waals surface area contributed by atoms with Crippen molar-refractivity contribution in [1.82, 2.24) is 0 Å². The van der Waals surface area contributed by atoms with E-state index in [2.05, 4.69) is 0 Å². The number of hydrogen-bond donors (Lipinski definition) is 2. The Balaban J connectivity index is 3.07. The zero-order valence-corrected chi connectivity index (χ0v) is 8.35. The highest BCUT2D eigenvalue weighted by Crippen LogP contribution is 2.20. The molecule has 0 aliphatic carbocycles. The highest BCUT2D eigenvalue weighted by atomic mass is 19.1. The first-order chi connectivity index (χ1) is 7.56. The molecule has 1 atom stereocenters. The molecule has 2 N–H and O–H groups in total. The number of nitrogens with zero attached hydrogens (tertiary/aromatic N) is 1. The molecular formula is C11H10FNO3. The van der Waals surface area contributed by atoms with Gasteiger partial charge < -0.3 is 10.2 Å². The number of hydrogen-bond acceptors (Lipinski definition) is 3. The first-order valence-corrected chi connectivity index (χ1v) is 4.62. The monoisotopic (exact) mass is 223 g/mol. The Kier molecular flexibility index (Phi) is 3.97. The van der Waals surface area contributed by atoms with E-state index >= 15 is 0 Å². The first-order valence-electron chi connectivity index (χ1n) is 4.62. The number of carboxylic acid groups (broad SMARTS) is 1. The predicted octanol–water partition coefficient (Wildman–Crippen LogP) is 1.40. The van der Waals surface area contributed by atoms with Crippen molar-refractivity contribution >= 4 is 5.97 Å². The van der Waals surface area contributed by atoms with Crippen LogP contribution in [0.4, 0.5) is 4.39 Å². The summed E-state index contributed by atoms with van der Waals surface area (Å²) < 4.78 is 12.9. The standard InChI is InChI=1S/C11H10FNO3/c12-8-3-4-9(10(14)11(15)16)7(6-8)2-1-5-13/h3-4,6,10,14H,1-2H2,(H,15,16). The number of carboxylic acids is 1. The first kappa shape index (κ1) is 12.1. The van der Waals surface area contributed by atoms with E-state index in [1.54, 1.807) is 0 Å². The number of carbonyl (C=O) groups is 1. The molecule has 1 rings (SSSR count). The highest BCUT2D eigenvalue weighted by Gasteiger charge is 2.19. The Hall–Kier alpha value is -1.93. The minimum absolute atomic E-state index is 0.129. The van der Waals surface area contributed by atoms with Gasteiger partial charge >= 0.3 is 5.97 Å². The summed E-state index contributed by atoms with van der Waals surface area (Å²) in [6.45, 7) is 0. The van der Waals surface area contributed by atoms with Crippen molar-refractivity contribution in [2.45, 2.75) is 18.9 Å². The number of halogens is 1. The molecule has 0 fully saturated rings. The van der Waals surface area contributed by atoms with Gasteiger partial charge in [-0.2, -0.15) is 5.26 Å². The Bertz CT molecular complexity index is 439. The lowest BCUT2D eigenvalue weighted by Crippen LogP contribution is -2.13. The minimum Gasteiger partial charge on any atom is -0.479 e. The van der Waals surface area contributed by atoms with Gasteiger partial charge in [0.1, 0.15) is 5.82 Å². The highest BCUT2D eigenvalue weighted by molar-refractivity contribution is 5.74. The third-order valence-corrected chi connectivity index (χ3v) is 2.14. The number of nitriles is 1. The Morgan fingerprint density at radius 2 is 2.25 bits per heavy atom. The van der Waals surface area contributed by atoms with Crippen molar-refractivity contribution in [3.05, 3.63) is 35.1 Å². The van der Waals surface area contributed by atoms with Crippen molar-refractivity contribution < 1.29 is 19.4 Å². The molecule has 0 saturated carbocycles. The zero-order chi connectivity index (χ0) is 12.1. The summed E-state index contributed by atoms with van der Waals surface area (Å²) in [6, 6.07) is 5.32. The number of aliphatic hydroxyl groups excluding tert-OH is 1. The van der Waals surface area contributed by atoms with Crippen LogP contribution in [0, 0.1) is 17.1 Å². The molecule has 0 aliphatic rings. The molecule has 0 aliphatic heterocycles. The van der Waals surface area contributed by atoms with Gasteiger partial charge in [-0.25, -0.2) is 9.18 Å². The fourth-order valence-electron chi connectivity index (χ4n) is 1.38. The maximum Gasteiger partial charge on any atom is 0.337 e. The Morgan fingerprint density at radius 1 is 1.56 bits per heavy atom. The summed E-state index contributed by atoms with van der Waals surface area (Å²) in [5, 5.41) is 26.4. The molecule has 1 aromatic carbocycles. The largest absolute Gasteiger partial charge is 0.479 e. The molecule has 0 aromatic heterocycles. The van der Waals surface area contributed by atoms with Crippen LogP contribution in [-0.2, 0) is 11.2 Å². The van der Waals surface area contributed by atoms with Crippen LogP contribution in [0.2, 0.25) is 0 Å². The number of benzene rings is 1. The fraction of sp³-hybridized carbons (Fsp3) is 0.273. The lowest BCUT2D eigenvalue weighted by Gasteiger charge is -2.11. The van der Waals surface area contributed by atoms with Gasteiger partial charge in [-0.1, -0.05) is 6.07 Å². The predicted molar refractivity (Wildman–Crippen MR) is 52.9 cm³/mol. The SMILES string of the molecule is N#CCCc1cc(F)ccc1C(O)C(=O)O. The average molecular weight is 223 g/mol. The average Bonchev–Trinajstić information content (AvgIpc) is 2.25. The smallest absolute Gasteiger partial charge is 0.337 e. The van der Waals surface area contributed by atoms with Crippen molar-refractivity contribution in [3.8, 4) is 6.07 Å². The quantitative estimate of drug-likeness (QED) is 0.808. The van der Waals surface area contributed by atoms with E-state index in [-0.39, 0.29) is 18.4 Å². The molecule has 1 unspecified atom stereocenters. The normalized spacial score (nSPS) is 11.8. The molecule has 5 heteroatoms. The van der Waals surface area contributed by atoms with Crippen molar-refractivity contribution in [1.29, 1.82) is 5.26 Å². The second-order valence-corrected chi connectivity index (χ2v) is 3.24. The van der Waals surface area contributed by atoms with Gasteiger partial charge in [0.25, 0.3) is 0 Å². The third kappa shape index (κ3) is 2.78. The minimum atomic E-state index is -1.69. The molecule has 0 radical (unpaired) electrons. The second kappa shape index (κ2) is 5.24. The van der Waals surface area contributed by atoms with Gasteiger partial charge in [-0.05, 0) is 29.7 Å². The van der Waals surface area contributed by atoms with Crippen molar-refractivity contribution in [2.75, 3.05) is 0 Å². The van der Waals surface area contributed by atoms with Crippen LogP contribution < -0.4 is 0 Å². The van der Waals surface area contributed by atoms with E-state index in [4.69, 9.17) is 10.4 Å². The molecule has 16 heavy (non-hydrogen) atoms. The van der Waals surface area contributed by atoms with E-state index in [0.29, 0.717) is 5.56 Å². The topological polar surface area (TPSA) is 81.3 Å². The Labute approximate surface area is 91.6 Å². The van der Waals surface area contributed by atoms with Crippen LogP contribution >= 0.6 is 0 Å². The van der Waals surface area contributed by atoms with E-state index in [9.17, 15) is 14.3 Å². The molecule has 0 heterocycles. The second-order valence-electron chi connectivity index (χ2n) is 3.24. The molecule has 4 nitrogen and oxygen atoms in total. The van der Waals surface area contributed by atoms with Crippen LogP contribution in [0.15, 0.2) is 18.2 Å². The lowest BCUT2D eigenvalue weighted by atomic mass is 9.98. The summed E-state index contributed by atoms with van der Waals surface area (Å²) >= 11 is 0. The van der Waals surface area contributed by atoms with Crippen LogP contribution in [0.3, 0.4) is 0 Å². The van der Waals surface area contributed by atoms with Crippen LogP contribution in [0.1, 0.15) is 23.7 Å². The number of aryl methyl sites for hydroxylation is 1. The lowest BCUT2D eigenvalue weighted by molar-refractivity contribution is -0.147. The van der Waals surface area contributed by atoms with Gasteiger partial charge in [0, 0.05) is 6.42 Å². The molecule has 0 amide bonds. The maximum atomic E-state index is 12.9. The van der Waals surface area contributed by atoms with Crippen molar-refractivity contribution in [3.63, 3.8) is 0 Å². The zero-order valence-electron chi connectivity index (χ0n) is 8.35. The van der Waals surface area contributed by atoms with Crippen LogP contribution in [-0.4, -0.2) is 16.2 Å². The summed E-state index contributed by atoms with van der Waals surface area (Å²) in [6.07, 6.45) is -1.33. The molecule has 1 aromatic rings. The molecule has 84 valence electrons. The van der Waals surface area contributed by atoms with Gasteiger partial charge in [-0.15, -0.1) is 0 Å². The van der Waals surface area contributed by atoms with E-state index < -0.39 is 17.9 Å². The molecule has 0 bridgehead atoms. The van der Waals surface area contributed by atoms with Gasteiger partial charge in [0.15, 0.2) is 6.10 Å². The summed E-state index contributed by atoms with van der Waals surface area (Å²) in [4.78, 5) is 10.6. The van der Waals surface area contributed by atoms with Crippen LogP contribution in [0.25, 0.3) is 0 Å². The van der Waals surface area contributed by atoms with Crippen LogP contribution in [0.5, 0.6) is 0 Å². The molecule has 0 saturated heterocycles. The third-order valence-electron chi connectivity index (χ3n) is 2.14. The Morgan fingerprint density at radius 3 is 2.81 bits per heavy atom. The van der Waals surface area contributed by atoms with Crippen molar-refractivity contribution in [2.24, 2.45) is 0 Å². The van der Waals surface area contributed by atoms with E-state index in [1.165, 1.54) is 6.07 Å². The molecular weight excluding hydrogens is 213 g/mol.